The normalized spacial score (nSPS) is 16.2. The highest BCUT2D eigenvalue weighted by molar-refractivity contribution is 9.11. The number of piperazine rings is 1. The maximum atomic E-state index is 11.9. The molecule has 0 spiro atoms. The van der Waals surface area contributed by atoms with Crippen LogP contribution in [0.25, 0.3) is 6.08 Å². The maximum Gasteiger partial charge on any atom is 0.244 e. The first-order valence-corrected chi connectivity index (χ1v) is 10.4. The Hall–Kier alpha value is -1.47. The molecule has 0 unspecified atom stereocenters. The first kappa shape index (κ1) is 19.3. The first-order chi connectivity index (χ1) is 12.6. The minimum atomic E-state index is -0.0731. The van der Waals surface area contributed by atoms with E-state index in [-0.39, 0.29) is 5.91 Å². The summed E-state index contributed by atoms with van der Waals surface area (Å²) < 4.78 is 1.06. The molecule has 26 heavy (non-hydrogen) atoms. The van der Waals surface area contributed by atoms with E-state index < -0.39 is 0 Å². The molecule has 2 heterocycles. The summed E-state index contributed by atoms with van der Waals surface area (Å²) in [5.74, 6) is -0.0731. The number of nitrogens with one attached hydrogen (secondary N) is 1. The summed E-state index contributed by atoms with van der Waals surface area (Å²) >= 11 is 5.02. The van der Waals surface area contributed by atoms with Crippen LogP contribution in [0.3, 0.4) is 0 Å². The summed E-state index contributed by atoms with van der Waals surface area (Å²) in [5.41, 5.74) is 2.44. The molecule has 1 aromatic heterocycles. The Labute approximate surface area is 167 Å². The number of nitrogens with zero attached hydrogens (tertiary/aromatic N) is 2. The predicted octanol–water partition coefficient (Wildman–Crippen LogP) is 3.59. The van der Waals surface area contributed by atoms with Gasteiger partial charge in [-0.15, -0.1) is 11.3 Å². The highest BCUT2D eigenvalue weighted by Gasteiger charge is 2.13. The van der Waals surface area contributed by atoms with E-state index in [1.54, 1.807) is 17.4 Å². The van der Waals surface area contributed by atoms with E-state index in [2.05, 4.69) is 62.4 Å². The highest BCUT2D eigenvalue weighted by Crippen LogP contribution is 2.22. The van der Waals surface area contributed by atoms with Crippen molar-refractivity contribution >= 4 is 39.2 Å². The van der Waals surface area contributed by atoms with E-state index in [0.717, 1.165) is 47.0 Å². The zero-order chi connectivity index (χ0) is 18.4. The number of thiophene rings is 1. The Balaban J connectivity index is 1.43. The maximum absolute atomic E-state index is 11.9. The second-order valence-corrected chi connectivity index (χ2v) is 9.08. The molecule has 6 heteroatoms. The van der Waals surface area contributed by atoms with Gasteiger partial charge in [0.05, 0.1) is 3.79 Å². The standard InChI is InChI=1S/C20H24BrN3OS/c1-23-10-12-24(13-11-23)15-17-4-2-16(3-5-17)14-22-20(25)9-7-18-6-8-19(21)26-18/h2-9H,10-15H2,1H3,(H,22,25). The quantitative estimate of drug-likeness (QED) is 0.706. The van der Waals surface area contributed by atoms with Gasteiger partial charge in [-0.25, -0.2) is 0 Å². The zero-order valence-corrected chi connectivity index (χ0v) is 17.4. The Kier molecular flexibility index (Phi) is 7.02. The van der Waals surface area contributed by atoms with Crippen molar-refractivity contribution in [2.45, 2.75) is 13.1 Å². The molecule has 1 N–H and O–H groups in total. The van der Waals surface area contributed by atoms with Gasteiger partial charge < -0.3 is 10.2 Å². The summed E-state index contributed by atoms with van der Waals surface area (Å²) in [7, 11) is 2.18. The summed E-state index contributed by atoms with van der Waals surface area (Å²) in [6, 6.07) is 12.5. The lowest BCUT2D eigenvalue weighted by Gasteiger charge is -2.32. The van der Waals surface area contributed by atoms with Gasteiger partial charge in [0.15, 0.2) is 0 Å². The smallest absolute Gasteiger partial charge is 0.244 e. The average Bonchev–Trinajstić information content (AvgIpc) is 3.07. The molecule has 3 rings (SSSR count). The van der Waals surface area contributed by atoms with E-state index in [0.29, 0.717) is 6.54 Å². The molecular formula is C20H24BrN3OS. The van der Waals surface area contributed by atoms with Crippen LogP contribution >= 0.6 is 27.3 Å². The second kappa shape index (κ2) is 9.46. The molecule has 1 aliphatic rings. The van der Waals surface area contributed by atoms with Crippen LogP contribution in [0.4, 0.5) is 0 Å². The van der Waals surface area contributed by atoms with Crippen LogP contribution in [0.1, 0.15) is 16.0 Å². The van der Waals surface area contributed by atoms with Gasteiger partial charge in [0.2, 0.25) is 5.91 Å². The molecule has 0 aliphatic carbocycles. The lowest BCUT2D eigenvalue weighted by molar-refractivity contribution is -0.116. The van der Waals surface area contributed by atoms with Crippen LogP contribution in [0.15, 0.2) is 46.3 Å². The predicted molar refractivity (Wildman–Crippen MR) is 112 cm³/mol. The van der Waals surface area contributed by atoms with E-state index in [9.17, 15) is 4.79 Å². The Morgan fingerprint density at radius 3 is 2.46 bits per heavy atom. The fourth-order valence-electron chi connectivity index (χ4n) is 2.85. The number of carbonyl (C=O) groups excluding carboxylic acids is 1. The molecule has 1 amide bonds. The molecule has 0 atom stereocenters. The van der Waals surface area contributed by atoms with Crippen molar-refractivity contribution in [2.24, 2.45) is 0 Å². The Morgan fingerprint density at radius 2 is 1.81 bits per heavy atom. The average molecular weight is 434 g/mol. The van der Waals surface area contributed by atoms with Crippen molar-refractivity contribution in [1.82, 2.24) is 15.1 Å². The SMILES string of the molecule is CN1CCN(Cc2ccc(CNC(=O)C=Cc3ccc(Br)s3)cc2)CC1. The summed E-state index contributed by atoms with van der Waals surface area (Å²) in [6.07, 6.45) is 3.42. The minimum Gasteiger partial charge on any atom is -0.348 e. The molecule has 1 fully saturated rings. The number of likely N-dealkylation sites (N-methyl/N-ethyl adjacent to an activating group) is 1. The van der Waals surface area contributed by atoms with Crippen molar-refractivity contribution < 1.29 is 4.79 Å². The fourth-order valence-corrected chi connectivity index (χ4v) is 4.18. The van der Waals surface area contributed by atoms with Crippen molar-refractivity contribution in [2.75, 3.05) is 33.2 Å². The van der Waals surface area contributed by atoms with Crippen LogP contribution in [0.2, 0.25) is 0 Å². The molecule has 4 nitrogen and oxygen atoms in total. The topological polar surface area (TPSA) is 35.6 Å². The van der Waals surface area contributed by atoms with Gasteiger partial charge >= 0.3 is 0 Å². The van der Waals surface area contributed by atoms with Crippen molar-refractivity contribution in [3.8, 4) is 0 Å². The van der Waals surface area contributed by atoms with Crippen molar-refractivity contribution in [3.05, 3.63) is 62.3 Å². The number of hydrogen-bond acceptors (Lipinski definition) is 4. The monoisotopic (exact) mass is 433 g/mol. The Morgan fingerprint density at radius 1 is 1.12 bits per heavy atom. The van der Waals surface area contributed by atoms with Crippen LogP contribution in [0, 0.1) is 0 Å². The van der Waals surface area contributed by atoms with Gasteiger partial charge in [0.1, 0.15) is 0 Å². The van der Waals surface area contributed by atoms with Crippen LogP contribution in [-0.2, 0) is 17.9 Å². The third kappa shape index (κ3) is 6.06. The number of hydrogen-bond donors (Lipinski definition) is 1. The number of benzene rings is 1. The summed E-state index contributed by atoms with van der Waals surface area (Å²) in [6.45, 7) is 6.08. The number of rotatable bonds is 6. The van der Waals surface area contributed by atoms with E-state index in [4.69, 9.17) is 0 Å². The molecule has 2 aromatic rings. The van der Waals surface area contributed by atoms with Crippen LogP contribution in [-0.4, -0.2) is 48.9 Å². The van der Waals surface area contributed by atoms with E-state index >= 15 is 0 Å². The second-order valence-electron chi connectivity index (χ2n) is 6.59. The van der Waals surface area contributed by atoms with Gasteiger partial charge in [0, 0.05) is 50.2 Å². The van der Waals surface area contributed by atoms with Gasteiger partial charge in [-0.05, 0) is 52.3 Å². The number of amides is 1. The molecule has 1 saturated heterocycles. The number of halogens is 1. The van der Waals surface area contributed by atoms with Crippen LogP contribution < -0.4 is 5.32 Å². The first-order valence-electron chi connectivity index (χ1n) is 8.78. The lowest BCUT2D eigenvalue weighted by atomic mass is 10.1. The minimum absolute atomic E-state index is 0.0731. The van der Waals surface area contributed by atoms with E-state index in [1.807, 2.05) is 18.2 Å². The molecule has 0 saturated carbocycles. The third-order valence-electron chi connectivity index (χ3n) is 4.48. The molecular weight excluding hydrogens is 410 g/mol. The van der Waals surface area contributed by atoms with Gasteiger partial charge in [0.25, 0.3) is 0 Å². The third-order valence-corrected chi connectivity index (χ3v) is 6.07. The molecule has 0 bridgehead atoms. The Bertz CT molecular complexity index is 749. The van der Waals surface area contributed by atoms with Crippen molar-refractivity contribution in [1.29, 1.82) is 0 Å². The summed E-state index contributed by atoms with van der Waals surface area (Å²) in [5, 5.41) is 2.93. The highest BCUT2D eigenvalue weighted by atomic mass is 79.9. The zero-order valence-electron chi connectivity index (χ0n) is 15.0. The van der Waals surface area contributed by atoms with Crippen LogP contribution in [0.5, 0.6) is 0 Å². The van der Waals surface area contributed by atoms with Gasteiger partial charge in [-0.2, -0.15) is 0 Å². The molecule has 0 radical (unpaired) electrons. The van der Waals surface area contributed by atoms with Gasteiger partial charge in [-0.1, -0.05) is 24.3 Å². The molecule has 1 aromatic carbocycles. The van der Waals surface area contributed by atoms with Crippen molar-refractivity contribution in [3.63, 3.8) is 0 Å². The van der Waals surface area contributed by atoms with Gasteiger partial charge in [-0.3, -0.25) is 9.69 Å². The molecule has 138 valence electrons. The van der Waals surface area contributed by atoms with E-state index in [1.165, 1.54) is 5.56 Å². The summed E-state index contributed by atoms with van der Waals surface area (Å²) in [4.78, 5) is 17.9. The lowest BCUT2D eigenvalue weighted by Crippen LogP contribution is -2.43. The molecule has 1 aliphatic heterocycles. The fraction of sp³-hybridized carbons (Fsp3) is 0.350. The largest absolute Gasteiger partial charge is 0.348 e. The number of carbonyl (C=O) groups is 1.